The highest BCUT2D eigenvalue weighted by atomic mass is 32.1. The van der Waals surface area contributed by atoms with Gasteiger partial charge < -0.3 is 10.2 Å². The van der Waals surface area contributed by atoms with Crippen molar-refractivity contribution >= 4 is 23.2 Å². The van der Waals surface area contributed by atoms with Crippen LogP contribution in [0.5, 0.6) is 0 Å². The predicted molar refractivity (Wildman–Crippen MR) is 108 cm³/mol. The van der Waals surface area contributed by atoms with Crippen molar-refractivity contribution in [1.82, 2.24) is 20.1 Å². The SMILES string of the molecule is CCN(C(=O)CN1CCC(NC(=O)c2scnc2C)CC1)C1CCCCC1. The van der Waals surface area contributed by atoms with Gasteiger partial charge in [-0.3, -0.25) is 14.5 Å². The quantitative estimate of drug-likeness (QED) is 0.808. The van der Waals surface area contributed by atoms with Gasteiger partial charge in [0.05, 0.1) is 17.7 Å². The van der Waals surface area contributed by atoms with Gasteiger partial charge in [0.25, 0.3) is 5.91 Å². The number of nitrogens with one attached hydrogen (secondary N) is 1. The maximum Gasteiger partial charge on any atom is 0.263 e. The molecule has 0 spiro atoms. The van der Waals surface area contributed by atoms with Crippen LogP contribution in [-0.4, -0.2) is 64.9 Å². The first-order valence-electron chi connectivity index (χ1n) is 10.3. The lowest BCUT2D eigenvalue weighted by atomic mass is 9.94. The smallest absolute Gasteiger partial charge is 0.263 e. The second-order valence-electron chi connectivity index (χ2n) is 7.76. The second kappa shape index (κ2) is 9.64. The van der Waals surface area contributed by atoms with E-state index in [1.807, 2.05) is 6.92 Å². The lowest BCUT2D eigenvalue weighted by molar-refractivity contribution is -0.135. The van der Waals surface area contributed by atoms with E-state index < -0.39 is 0 Å². The summed E-state index contributed by atoms with van der Waals surface area (Å²) in [5.74, 6) is 0.256. The average Bonchev–Trinajstić information content (AvgIpc) is 3.11. The van der Waals surface area contributed by atoms with Gasteiger partial charge in [-0.2, -0.15) is 0 Å². The first-order valence-corrected chi connectivity index (χ1v) is 11.2. The molecule has 1 aliphatic carbocycles. The number of amides is 2. The number of piperidine rings is 1. The molecular weight excluding hydrogens is 360 g/mol. The molecule has 7 heteroatoms. The summed E-state index contributed by atoms with van der Waals surface area (Å²) in [7, 11) is 0. The van der Waals surface area contributed by atoms with Gasteiger partial charge >= 0.3 is 0 Å². The van der Waals surface area contributed by atoms with Crippen molar-refractivity contribution in [3.8, 4) is 0 Å². The molecule has 27 heavy (non-hydrogen) atoms. The zero-order valence-electron chi connectivity index (χ0n) is 16.6. The van der Waals surface area contributed by atoms with Crippen LogP contribution in [0.25, 0.3) is 0 Å². The normalized spacial score (nSPS) is 19.8. The van der Waals surface area contributed by atoms with Gasteiger partial charge in [-0.1, -0.05) is 19.3 Å². The fourth-order valence-electron chi connectivity index (χ4n) is 4.32. The molecule has 2 amide bonds. The molecule has 2 fully saturated rings. The summed E-state index contributed by atoms with van der Waals surface area (Å²) in [5.41, 5.74) is 2.51. The molecule has 1 aromatic rings. The van der Waals surface area contributed by atoms with Crippen molar-refractivity contribution in [3.63, 3.8) is 0 Å². The van der Waals surface area contributed by atoms with E-state index in [0.29, 0.717) is 17.5 Å². The average molecular weight is 393 g/mol. The summed E-state index contributed by atoms with van der Waals surface area (Å²) in [6, 6.07) is 0.627. The monoisotopic (exact) mass is 392 g/mol. The summed E-state index contributed by atoms with van der Waals surface area (Å²) < 4.78 is 0. The molecule has 1 saturated heterocycles. The molecule has 1 aromatic heterocycles. The minimum Gasteiger partial charge on any atom is -0.348 e. The highest BCUT2D eigenvalue weighted by molar-refractivity contribution is 7.11. The van der Waals surface area contributed by atoms with Crippen LogP contribution in [0, 0.1) is 6.92 Å². The Morgan fingerprint density at radius 3 is 2.52 bits per heavy atom. The Morgan fingerprint density at radius 1 is 1.22 bits per heavy atom. The zero-order chi connectivity index (χ0) is 19.2. The Kier molecular flexibility index (Phi) is 7.24. The number of thiazole rings is 1. The van der Waals surface area contributed by atoms with Gasteiger partial charge in [0.2, 0.25) is 5.91 Å². The Morgan fingerprint density at radius 2 is 1.93 bits per heavy atom. The van der Waals surface area contributed by atoms with Crippen molar-refractivity contribution in [3.05, 3.63) is 16.1 Å². The maximum atomic E-state index is 12.8. The summed E-state index contributed by atoms with van der Waals surface area (Å²) in [4.78, 5) is 34.3. The molecule has 0 unspecified atom stereocenters. The number of carbonyl (C=O) groups is 2. The fraction of sp³-hybridized carbons (Fsp3) is 0.750. The van der Waals surface area contributed by atoms with Crippen LogP contribution >= 0.6 is 11.3 Å². The van der Waals surface area contributed by atoms with Crippen molar-refractivity contribution in [2.75, 3.05) is 26.2 Å². The van der Waals surface area contributed by atoms with E-state index in [2.05, 4.69) is 27.0 Å². The lowest BCUT2D eigenvalue weighted by Gasteiger charge is -2.37. The third-order valence-electron chi connectivity index (χ3n) is 5.91. The Balaban J connectivity index is 1.44. The third kappa shape index (κ3) is 5.29. The van der Waals surface area contributed by atoms with Crippen molar-refractivity contribution in [2.24, 2.45) is 0 Å². The van der Waals surface area contributed by atoms with Crippen LogP contribution in [0.2, 0.25) is 0 Å². The molecule has 3 rings (SSSR count). The number of nitrogens with zero attached hydrogens (tertiary/aromatic N) is 3. The van der Waals surface area contributed by atoms with Crippen molar-refractivity contribution in [2.45, 2.75) is 70.9 Å². The number of likely N-dealkylation sites (N-methyl/N-ethyl adjacent to an activating group) is 1. The van der Waals surface area contributed by atoms with E-state index in [9.17, 15) is 9.59 Å². The number of hydrogen-bond donors (Lipinski definition) is 1. The Hall–Kier alpha value is -1.47. The number of aromatic nitrogens is 1. The molecule has 1 aliphatic heterocycles. The van der Waals surface area contributed by atoms with Crippen LogP contribution in [0.1, 0.15) is 67.2 Å². The number of carbonyl (C=O) groups excluding carboxylic acids is 2. The van der Waals surface area contributed by atoms with Gasteiger partial charge in [-0.25, -0.2) is 4.98 Å². The predicted octanol–water partition coefficient (Wildman–Crippen LogP) is 2.83. The molecular formula is C20H32N4O2S. The number of rotatable bonds is 6. The second-order valence-corrected chi connectivity index (χ2v) is 8.62. The molecule has 6 nitrogen and oxygen atoms in total. The highest BCUT2D eigenvalue weighted by Gasteiger charge is 2.28. The topological polar surface area (TPSA) is 65.5 Å². The minimum absolute atomic E-state index is 0.0148. The third-order valence-corrected chi connectivity index (χ3v) is 6.84. The van der Waals surface area contributed by atoms with Crippen LogP contribution in [0.4, 0.5) is 0 Å². The summed E-state index contributed by atoms with van der Waals surface area (Å²) in [5, 5.41) is 3.13. The number of aryl methyl sites for hydroxylation is 1. The van der Waals surface area contributed by atoms with Crippen LogP contribution in [-0.2, 0) is 4.79 Å². The molecule has 1 saturated carbocycles. The largest absolute Gasteiger partial charge is 0.348 e. The Labute approximate surface area is 166 Å². The van der Waals surface area contributed by atoms with E-state index >= 15 is 0 Å². The zero-order valence-corrected chi connectivity index (χ0v) is 17.4. The van der Waals surface area contributed by atoms with Gasteiger partial charge in [0.1, 0.15) is 4.88 Å². The maximum absolute atomic E-state index is 12.8. The van der Waals surface area contributed by atoms with E-state index in [0.717, 1.165) is 51.0 Å². The Bertz CT molecular complexity index is 634. The van der Waals surface area contributed by atoms with Crippen LogP contribution < -0.4 is 5.32 Å². The molecule has 0 atom stereocenters. The minimum atomic E-state index is -0.0148. The number of hydrogen-bond acceptors (Lipinski definition) is 5. The van der Waals surface area contributed by atoms with Gasteiger partial charge in [0, 0.05) is 31.7 Å². The number of likely N-dealkylation sites (tertiary alicyclic amines) is 1. The molecule has 0 radical (unpaired) electrons. The van der Waals surface area contributed by atoms with Crippen LogP contribution in [0.3, 0.4) is 0 Å². The summed E-state index contributed by atoms with van der Waals surface area (Å²) in [6.45, 7) is 7.01. The summed E-state index contributed by atoms with van der Waals surface area (Å²) in [6.07, 6.45) is 7.91. The fourth-order valence-corrected chi connectivity index (χ4v) is 5.02. The summed E-state index contributed by atoms with van der Waals surface area (Å²) >= 11 is 1.39. The van der Waals surface area contributed by atoms with E-state index in [1.54, 1.807) is 5.51 Å². The van der Waals surface area contributed by atoms with E-state index in [4.69, 9.17) is 0 Å². The van der Waals surface area contributed by atoms with Crippen LogP contribution in [0.15, 0.2) is 5.51 Å². The molecule has 2 heterocycles. The first-order chi connectivity index (χ1) is 13.1. The standard InChI is InChI=1S/C20H32N4O2S/c1-3-24(17-7-5-4-6-8-17)18(25)13-23-11-9-16(10-12-23)22-20(26)19-15(2)21-14-27-19/h14,16-17H,3-13H2,1-2H3,(H,22,26). The van der Waals surface area contributed by atoms with Gasteiger partial charge in [-0.15, -0.1) is 11.3 Å². The van der Waals surface area contributed by atoms with Crippen molar-refractivity contribution < 1.29 is 9.59 Å². The van der Waals surface area contributed by atoms with Gasteiger partial charge in [0.15, 0.2) is 0 Å². The molecule has 0 bridgehead atoms. The molecule has 0 aromatic carbocycles. The van der Waals surface area contributed by atoms with E-state index in [1.165, 1.54) is 30.6 Å². The van der Waals surface area contributed by atoms with E-state index in [-0.39, 0.29) is 17.9 Å². The highest BCUT2D eigenvalue weighted by Crippen LogP contribution is 2.23. The lowest BCUT2D eigenvalue weighted by Crippen LogP contribution is -2.50. The first kappa shape index (κ1) is 20.3. The van der Waals surface area contributed by atoms with Gasteiger partial charge in [-0.05, 0) is 39.5 Å². The molecule has 1 N–H and O–H groups in total. The molecule has 2 aliphatic rings. The molecule has 150 valence electrons. The van der Waals surface area contributed by atoms with Crippen molar-refractivity contribution in [1.29, 1.82) is 0 Å².